The number of hydrogen-bond acceptors (Lipinski definition) is 11. The van der Waals surface area contributed by atoms with Crippen LogP contribution < -0.4 is 19.1 Å². The number of carbonyl (C=O) groups excluding carboxylic acids is 1. The number of nitro groups is 1. The number of likely N-dealkylation sites (tertiary alicyclic amines) is 1. The summed E-state index contributed by atoms with van der Waals surface area (Å²) in [5.74, 6) is -0.317. The Bertz CT molecular complexity index is 2750. The number of carbonyl (C=O) groups is 1. The first-order valence-corrected chi connectivity index (χ1v) is 24.5. The molecule has 65 heavy (non-hydrogen) atoms. The quantitative estimate of drug-likeness (QED) is 0.0906. The van der Waals surface area contributed by atoms with Crippen molar-refractivity contribution in [1.82, 2.24) is 24.5 Å². The standard InChI is InChI=1S/C49H56ClN7O7S/c1-32-6-4-5-17-56(32)29-33-22-42-44(57(59)60)25-40(26-45(42)63-31-33)65(61,62)53-48(58)41-12-11-38(24-46(41)64-39-23-35-14-16-51-47(35)52-28-39)55-20-18-54(19-21-55)30-36-13-15-49(2,3)27-43(36)34-7-9-37(50)10-8-34/h7-12,14,16,23-26,28,32-33H,4-6,13,15,17-22,27,29-31H2,1-3H3,(H,51,52)(H,53,58)/t32-,33-/m1/s1. The maximum Gasteiger partial charge on any atom is 0.277 e. The minimum atomic E-state index is -4.62. The Morgan fingerprint density at radius 2 is 1.85 bits per heavy atom. The summed E-state index contributed by atoms with van der Waals surface area (Å²) in [5, 5.41) is 13.9. The molecule has 4 aliphatic rings. The fraction of sp³-hybridized carbons (Fsp3) is 0.429. The van der Waals surface area contributed by atoms with Crippen molar-refractivity contribution in [3.63, 3.8) is 0 Å². The third-order valence-corrected chi connectivity index (χ3v) is 15.2. The number of aromatic amines is 1. The van der Waals surface area contributed by atoms with E-state index in [2.05, 4.69) is 62.3 Å². The van der Waals surface area contributed by atoms with Crippen LogP contribution in [0.15, 0.2) is 89.6 Å². The molecule has 1 amide bonds. The Morgan fingerprint density at radius 1 is 1.05 bits per heavy atom. The van der Waals surface area contributed by atoms with Crippen molar-refractivity contribution >= 4 is 55.5 Å². The van der Waals surface area contributed by atoms with Crippen molar-refractivity contribution in [1.29, 1.82) is 0 Å². The number of H-pyrrole nitrogens is 1. The fourth-order valence-electron chi connectivity index (χ4n) is 9.91. The van der Waals surface area contributed by atoms with Crippen LogP contribution in [-0.2, 0) is 16.4 Å². The third-order valence-electron chi connectivity index (χ3n) is 13.6. The van der Waals surface area contributed by atoms with Crippen LogP contribution in [0, 0.1) is 21.4 Å². The van der Waals surface area contributed by atoms with E-state index in [0.717, 1.165) is 100 Å². The van der Waals surface area contributed by atoms with Gasteiger partial charge in [0.15, 0.2) is 0 Å². The number of piperazine rings is 1. The number of nitrogens with zero attached hydrogens (tertiary/aromatic N) is 5. The van der Waals surface area contributed by atoms with E-state index in [-0.39, 0.29) is 34.1 Å². The summed E-state index contributed by atoms with van der Waals surface area (Å²) < 4.78 is 42.5. The predicted octanol–water partition coefficient (Wildman–Crippen LogP) is 9.25. The topological polar surface area (TPSA) is 163 Å². The number of sulfonamides is 1. The molecule has 342 valence electrons. The molecule has 2 aromatic heterocycles. The minimum absolute atomic E-state index is 0.0170. The van der Waals surface area contributed by atoms with Crippen molar-refractivity contribution in [2.75, 3.05) is 57.3 Å². The van der Waals surface area contributed by atoms with E-state index in [1.54, 1.807) is 30.5 Å². The summed E-state index contributed by atoms with van der Waals surface area (Å²) in [4.78, 5) is 40.1. The molecule has 3 aromatic carbocycles. The number of nitro benzene ring substituents is 1. The molecule has 0 bridgehead atoms. The van der Waals surface area contributed by atoms with Gasteiger partial charge in [-0.05, 0) is 105 Å². The van der Waals surface area contributed by atoms with Gasteiger partial charge in [0.2, 0.25) is 0 Å². The lowest BCUT2D eigenvalue weighted by Gasteiger charge is -2.39. The number of amides is 1. The third kappa shape index (κ3) is 10.0. The number of ether oxygens (including phenoxy) is 2. The average molecular weight is 923 g/mol. The summed E-state index contributed by atoms with van der Waals surface area (Å²) in [6, 6.07) is 19.6. The Hall–Kier alpha value is -5.48. The average Bonchev–Trinajstić information content (AvgIpc) is 3.76. The Balaban J connectivity index is 0.937. The number of pyridine rings is 1. The number of benzene rings is 3. The molecule has 2 saturated heterocycles. The van der Waals surface area contributed by atoms with E-state index < -0.39 is 25.7 Å². The van der Waals surface area contributed by atoms with E-state index in [0.29, 0.717) is 36.0 Å². The monoisotopic (exact) mass is 921 g/mol. The first-order chi connectivity index (χ1) is 31.2. The van der Waals surface area contributed by atoms with E-state index in [9.17, 15) is 23.3 Å². The normalized spacial score (nSPS) is 20.6. The molecule has 14 nitrogen and oxygen atoms in total. The van der Waals surface area contributed by atoms with E-state index in [1.807, 2.05) is 18.2 Å². The summed E-state index contributed by atoms with van der Waals surface area (Å²) in [6.07, 6.45) is 10.3. The molecule has 5 aromatic rings. The molecule has 5 heterocycles. The summed E-state index contributed by atoms with van der Waals surface area (Å²) in [6.45, 7) is 12.9. The van der Waals surface area contributed by atoms with Crippen LogP contribution in [0.2, 0.25) is 5.02 Å². The molecule has 0 radical (unpaired) electrons. The van der Waals surface area contributed by atoms with Gasteiger partial charge in [-0.2, -0.15) is 0 Å². The SMILES string of the molecule is C[C@@H]1CCCCN1C[C@@H]1COc2cc(S(=O)(=O)NC(=O)c3ccc(N4CCN(CC5=C(c6ccc(Cl)cc6)CC(C)(C)CC5)CC4)cc3Oc3cnc4[nH]ccc4c3)cc([N+](=O)[O-])c2C1. The number of halogens is 1. The summed E-state index contributed by atoms with van der Waals surface area (Å²) >= 11 is 6.25. The van der Waals surface area contributed by atoms with Crippen molar-refractivity contribution in [2.45, 2.75) is 76.7 Å². The highest BCUT2D eigenvalue weighted by Crippen LogP contribution is 2.44. The van der Waals surface area contributed by atoms with E-state index in [4.69, 9.17) is 21.1 Å². The zero-order valence-corrected chi connectivity index (χ0v) is 38.7. The van der Waals surface area contributed by atoms with Crippen molar-refractivity contribution in [3.05, 3.63) is 117 Å². The zero-order chi connectivity index (χ0) is 45.5. The van der Waals surface area contributed by atoms with Crippen LogP contribution in [0.25, 0.3) is 16.6 Å². The molecule has 2 atom stereocenters. The molecule has 0 unspecified atom stereocenters. The first kappa shape index (κ1) is 44.7. The number of hydrogen-bond donors (Lipinski definition) is 2. The van der Waals surface area contributed by atoms with Crippen molar-refractivity contribution in [3.8, 4) is 17.2 Å². The Labute approximate surface area is 385 Å². The fourth-order valence-corrected chi connectivity index (χ4v) is 11.0. The van der Waals surface area contributed by atoms with Crippen molar-refractivity contribution < 1.29 is 27.6 Å². The Kier molecular flexibility index (Phi) is 12.7. The molecule has 2 N–H and O–H groups in total. The van der Waals surface area contributed by atoms with Crippen molar-refractivity contribution in [2.24, 2.45) is 11.3 Å². The molecule has 0 saturated carbocycles. The van der Waals surface area contributed by atoms with Gasteiger partial charge in [-0.3, -0.25) is 19.8 Å². The van der Waals surface area contributed by atoms with E-state index >= 15 is 0 Å². The summed E-state index contributed by atoms with van der Waals surface area (Å²) in [5.41, 5.74) is 5.78. The first-order valence-electron chi connectivity index (χ1n) is 22.6. The second kappa shape index (κ2) is 18.4. The van der Waals surface area contributed by atoms with Gasteiger partial charge in [0.1, 0.15) is 22.9 Å². The van der Waals surface area contributed by atoms with Gasteiger partial charge in [0.05, 0.1) is 33.7 Å². The lowest BCUT2D eigenvalue weighted by Crippen LogP contribution is -2.47. The second-order valence-corrected chi connectivity index (χ2v) is 21.0. The molecule has 9 rings (SSSR count). The van der Waals surface area contributed by atoms with Gasteiger partial charge in [-0.25, -0.2) is 18.1 Å². The highest BCUT2D eigenvalue weighted by atomic mass is 35.5. The molecule has 16 heteroatoms. The minimum Gasteiger partial charge on any atom is -0.493 e. The smallest absolute Gasteiger partial charge is 0.277 e. The molecular formula is C49H56ClN7O7S. The molecule has 1 aliphatic carbocycles. The number of anilines is 1. The molecule has 3 aliphatic heterocycles. The van der Waals surface area contributed by atoms with Crippen LogP contribution in [-0.4, -0.2) is 97.5 Å². The van der Waals surface area contributed by atoms with Crippen LogP contribution in [0.3, 0.4) is 0 Å². The highest BCUT2D eigenvalue weighted by molar-refractivity contribution is 7.90. The predicted molar refractivity (Wildman–Crippen MR) is 253 cm³/mol. The van der Waals surface area contributed by atoms with Gasteiger partial charge in [0.25, 0.3) is 21.6 Å². The molecular weight excluding hydrogens is 866 g/mol. The van der Waals surface area contributed by atoms with Gasteiger partial charge in [-0.15, -0.1) is 0 Å². The lowest BCUT2D eigenvalue weighted by molar-refractivity contribution is -0.386. The lowest BCUT2D eigenvalue weighted by atomic mass is 9.72. The van der Waals surface area contributed by atoms with Gasteiger partial charge in [-0.1, -0.05) is 49.6 Å². The Morgan fingerprint density at radius 3 is 2.62 bits per heavy atom. The van der Waals surface area contributed by atoms with Gasteiger partial charge in [0, 0.05) is 91.7 Å². The second-order valence-electron chi connectivity index (χ2n) is 18.9. The number of rotatable bonds is 12. The maximum atomic E-state index is 14.1. The largest absolute Gasteiger partial charge is 0.493 e. The number of aromatic nitrogens is 2. The van der Waals surface area contributed by atoms with Crippen LogP contribution >= 0.6 is 11.6 Å². The van der Waals surface area contributed by atoms with Crippen LogP contribution in [0.4, 0.5) is 11.4 Å². The van der Waals surface area contributed by atoms with Gasteiger partial charge < -0.3 is 24.3 Å². The molecule has 0 spiro atoms. The molecule has 2 fully saturated rings. The summed E-state index contributed by atoms with van der Waals surface area (Å²) in [7, 11) is -4.62. The maximum absolute atomic E-state index is 14.1. The van der Waals surface area contributed by atoms with E-state index in [1.165, 1.54) is 35.4 Å². The number of fused-ring (bicyclic) bond motifs is 2. The highest BCUT2D eigenvalue weighted by Gasteiger charge is 2.34. The van der Waals surface area contributed by atoms with Crippen LogP contribution in [0.1, 0.15) is 80.8 Å². The zero-order valence-electron chi connectivity index (χ0n) is 37.1. The number of nitrogens with one attached hydrogen (secondary N) is 2. The van der Waals surface area contributed by atoms with Gasteiger partial charge >= 0.3 is 0 Å². The number of piperidine rings is 1. The number of allylic oxidation sites excluding steroid dienone is 1. The van der Waals surface area contributed by atoms with Crippen LogP contribution in [0.5, 0.6) is 17.2 Å².